The Morgan fingerprint density at radius 2 is 1.86 bits per heavy atom. The maximum Gasteiger partial charge on any atom is 0.237 e. The number of nitrogens with zero attached hydrogens (tertiary/aromatic N) is 4. The lowest BCUT2D eigenvalue weighted by molar-refractivity contribution is -0.147. The molecular weight excluding hydrogens is 270 g/mol. The first-order chi connectivity index (χ1) is 9.82. The second-order valence-corrected chi connectivity index (χ2v) is 5.73. The lowest BCUT2D eigenvalue weighted by atomic mass is 9.90. The minimum Gasteiger partial charge on any atom is -0.369 e. The summed E-state index contributed by atoms with van der Waals surface area (Å²) in [5.74, 6) is 0.777. The van der Waals surface area contributed by atoms with Crippen molar-refractivity contribution in [2.75, 3.05) is 31.1 Å². The number of amides is 2. The van der Waals surface area contributed by atoms with Crippen LogP contribution in [0, 0.1) is 12.3 Å². The summed E-state index contributed by atoms with van der Waals surface area (Å²) in [5.41, 5.74) is 4.14. The van der Waals surface area contributed by atoms with Gasteiger partial charge in [0, 0.05) is 32.4 Å². The average molecular weight is 291 g/mol. The summed E-state index contributed by atoms with van der Waals surface area (Å²) in [6, 6.07) is 1.86. The highest BCUT2D eigenvalue weighted by atomic mass is 16.2. The Morgan fingerprint density at radius 1 is 1.24 bits per heavy atom. The maximum absolute atomic E-state index is 12.3. The third kappa shape index (κ3) is 3.12. The van der Waals surface area contributed by atoms with Crippen LogP contribution in [0.3, 0.4) is 0 Å². The van der Waals surface area contributed by atoms with Crippen LogP contribution in [0.4, 0.5) is 5.82 Å². The van der Waals surface area contributed by atoms with Crippen molar-refractivity contribution < 1.29 is 9.59 Å². The van der Waals surface area contributed by atoms with Gasteiger partial charge in [0.25, 0.3) is 0 Å². The average Bonchev–Trinajstić information content (AvgIpc) is 2.46. The molecular formula is C14H21N5O2. The Hall–Kier alpha value is -2.18. The number of piperazine rings is 1. The third-order valence-corrected chi connectivity index (χ3v) is 3.80. The van der Waals surface area contributed by atoms with Crippen LogP contribution in [-0.2, 0) is 9.59 Å². The molecule has 1 fully saturated rings. The van der Waals surface area contributed by atoms with Gasteiger partial charge >= 0.3 is 0 Å². The Morgan fingerprint density at radius 3 is 2.38 bits per heavy atom. The molecule has 0 aliphatic carbocycles. The van der Waals surface area contributed by atoms with Crippen LogP contribution in [-0.4, -0.2) is 52.9 Å². The summed E-state index contributed by atoms with van der Waals surface area (Å²) >= 11 is 0. The molecule has 7 heteroatoms. The normalized spacial score (nSPS) is 16.0. The standard InChI is InChI=1S/C14H21N5O2/c1-10-16-5-4-11(17-10)18-6-8-19(9-7-18)13(21)14(2,3)12(15)20/h4-5H,6-9H2,1-3H3,(H2,15,20). The minimum atomic E-state index is -1.16. The van der Waals surface area contributed by atoms with Crippen LogP contribution in [0.15, 0.2) is 12.3 Å². The van der Waals surface area contributed by atoms with Crippen molar-refractivity contribution in [1.29, 1.82) is 0 Å². The van der Waals surface area contributed by atoms with E-state index in [2.05, 4.69) is 14.9 Å². The molecule has 1 aromatic rings. The number of carbonyl (C=O) groups is 2. The topological polar surface area (TPSA) is 92.4 Å². The summed E-state index contributed by atoms with van der Waals surface area (Å²) in [6.45, 7) is 7.44. The summed E-state index contributed by atoms with van der Waals surface area (Å²) < 4.78 is 0. The number of hydrogen-bond donors (Lipinski definition) is 1. The third-order valence-electron chi connectivity index (χ3n) is 3.80. The predicted octanol–water partition coefficient (Wildman–Crippen LogP) is -0.0549. The summed E-state index contributed by atoms with van der Waals surface area (Å²) in [6.07, 6.45) is 1.73. The van der Waals surface area contributed by atoms with Gasteiger partial charge in [-0.05, 0) is 26.8 Å². The molecule has 0 radical (unpaired) electrons. The quantitative estimate of drug-likeness (QED) is 0.788. The largest absolute Gasteiger partial charge is 0.369 e. The van der Waals surface area contributed by atoms with Crippen molar-refractivity contribution in [2.24, 2.45) is 11.1 Å². The van der Waals surface area contributed by atoms with E-state index in [1.54, 1.807) is 24.9 Å². The summed E-state index contributed by atoms with van der Waals surface area (Å²) in [5, 5.41) is 0. The number of primary amides is 1. The molecule has 7 nitrogen and oxygen atoms in total. The first-order valence-electron chi connectivity index (χ1n) is 6.96. The molecule has 1 aliphatic rings. The first kappa shape index (κ1) is 15.2. The molecule has 114 valence electrons. The van der Waals surface area contributed by atoms with Gasteiger partial charge in [-0.25, -0.2) is 9.97 Å². The Labute approximate surface area is 124 Å². The van der Waals surface area contributed by atoms with Crippen molar-refractivity contribution in [3.63, 3.8) is 0 Å². The van der Waals surface area contributed by atoms with E-state index in [4.69, 9.17) is 5.73 Å². The summed E-state index contributed by atoms with van der Waals surface area (Å²) in [7, 11) is 0. The fourth-order valence-corrected chi connectivity index (χ4v) is 2.26. The SMILES string of the molecule is Cc1nccc(N2CCN(C(=O)C(C)(C)C(N)=O)CC2)n1. The van der Waals surface area contributed by atoms with Gasteiger partial charge in [-0.1, -0.05) is 0 Å². The zero-order valence-electron chi connectivity index (χ0n) is 12.7. The Kier molecular flexibility index (Phi) is 4.11. The molecule has 0 bridgehead atoms. The molecule has 2 heterocycles. The zero-order valence-corrected chi connectivity index (χ0v) is 12.7. The number of aromatic nitrogens is 2. The fraction of sp³-hybridized carbons (Fsp3) is 0.571. The molecule has 2 rings (SSSR count). The second-order valence-electron chi connectivity index (χ2n) is 5.73. The number of carbonyl (C=O) groups excluding carboxylic acids is 2. The van der Waals surface area contributed by atoms with Crippen molar-refractivity contribution >= 4 is 17.6 Å². The zero-order chi connectivity index (χ0) is 15.6. The van der Waals surface area contributed by atoms with E-state index in [0.717, 1.165) is 11.6 Å². The van der Waals surface area contributed by atoms with Crippen LogP contribution in [0.1, 0.15) is 19.7 Å². The van der Waals surface area contributed by atoms with Gasteiger partial charge in [0.05, 0.1) is 0 Å². The molecule has 1 aromatic heterocycles. The van der Waals surface area contributed by atoms with Gasteiger partial charge < -0.3 is 15.5 Å². The second kappa shape index (κ2) is 5.67. The molecule has 21 heavy (non-hydrogen) atoms. The highest BCUT2D eigenvalue weighted by Crippen LogP contribution is 2.20. The monoisotopic (exact) mass is 291 g/mol. The van der Waals surface area contributed by atoms with Crippen molar-refractivity contribution in [1.82, 2.24) is 14.9 Å². The molecule has 1 aliphatic heterocycles. The first-order valence-corrected chi connectivity index (χ1v) is 6.96. The van der Waals surface area contributed by atoms with Crippen LogP contribution in [0.5, 0.6) is 0 Å². The van der Waals surface area contributed by atoms with Gasteiger partial charge in [-0.15, -0.1) is 0 Å². The van der Waals surface area contributed by atoms with Gasteiger partial charge in [0.15, 0.2) is 0 Å². The molecule has 0 unspecified atom stereocenters. The molecule has 0 spiro atoms. The van der Waals surface area contributed by atoms with E-state index < -0.39 is 11.3 Å². The molecule has 2 N–H and O–H groups in total. The predicted molar refractivity (Wildman–Crippen MR) is 78.5 cm³/mol. The van der Waals surface area contributed by atoms with Crippen LogP contribution >= 0.6 is 0 Å². The van der Waals surface area contributed by atoms with E-state index >= 15 is 0 Å². The fourth-order valence-electron chi connectivity index (χ4n) is 2.26. The molecule has 0 aromatic carbocycles. The van der Waals surface area contributed by atoms with Gasteiger partial charge in [0.1, 0.15) is 17.1 Å². The van der Waals surface area contributed by atoms with Gasteiger partial charge in [-0.3, -0.25) is 9.59 Å². The molecule has 0 atom stereocenters. The number of aryl methyl sites for hydroxylation is 1. The number of rotatable bonds is 3. The highest BCUT2D eigenvalue weighted by Gasteiger charge is 2.38. The highest BCUT2D eigenvalue weighted by molar-refractivity contribution is 6.03. The van der Waals surface area contributed by atoms with E-state index in [1.807, 2.05) is 13.0 Å². The summed E-state index contributed by atoms with van der Waals surface area (Å²) in [4.78, 5) is 36.0. The van der Waals surface area contributed by atoms with E-state index in [9.17, 15) is 9.59 Å². The van der Waals surface area contributed by atoms with E-state index in [0.29, 0.717) is 26.2 Å². The van der Waals surface area contributed by atoms with Crippen molar-refractivity contribution in [3.05, 3.63) is 18.1 Å². The number of hydrogen-bond acceptors (Lipinski definition) is 5. The Bertz CT molecular complexity index is 550. The lowest BCUT2D eigenvalue weighted by Crippen LogP contribution is -2.55. The lowest BCUT2D eigenvalue weighted by Gasteiger charge is -2.38. The minimum absolute atomic E-state index is 0.214. The van der Waals surface area contributed by atoms with Gasteiger partial charge in [0.2, 0.25) is 11.8 Å². The van der Waals surface area contributed by atoms with E-state index in [1.165, 1.54) is 0 Å². The van der Waals surface area contributed by atoms with Gasteiger partial charge in [-0.2, -0.15) is 0 Å². The van der Waals surface area contributed by atoms with Crippen LogP contribution in [0.25, 0.3) is 0 Å². The molecule has 2 amide bonds. The van der Waals surface area contributed by atoms with Crippen molar-refractivity contribution in [2.45, 2.75) is 20.8 Å². The van der Waals surface area contributed by atoms with Crippen molar-refractivity contribution in [3.8, 4) is 0 Å². The number of nitrogens with two attached hydrogens (primary N) is 1. The van der Waals surface area contributed by atoms with E-state index in [-0.39, 0.29) is 5.91 Å². The number of anilines is 1. The molecule has 1 saturated heterocycles. The smallest absolute Gasteiger partial charge is 0.237 e. The Balaban J connectivity index is 2.01. The van der Waals surface area contributed by atoms with Crippen LogP contribution < -0.4 is 10.6 Å². The maximum atomic E-state index is 12.3. The molecule has 0 saturated carbocycles. The van der Waals surface area contributed by atoms with Crippen LogP contribution in [0.2, 0.25) is 0 Å².